The molecule has 2 N–H and O–H groups in total. The van der Waals surface area contributed by atoms with Crippen molar-refractivity contribution in [2.45, 2.75) is 39.0 Å². The molecule has 9 heteroatoms. The van der Waals surface area contributed by atoms with E-state index in [9.17, 15) is 4.79 Å². The SMILES string of the molecule is CCn1c(CNc2nc(-c3ccccc3)cs2)nnc1SCC(=O)Nc1cc(C)ccc1C. The number of nitrogens with zero attached hydrogens (tertiary/aromatic N) is 4. The number of hydrogen-bond acceptors (Lipinski definition) is 7. The van der Waals surface area contributed by atoms with Gasteiger partial charge in [0.1, 0.15) is 0 Å². The standard InChI is InChI=1S/C24H26N6OS2/c1-4-30-21(13-25-23-27-20(14-32-23)18-8-6-5-7-9-18)28-29-24(30)33-15-22(31)26-19-12-16(2)10-11-17(19)3/h5-12,14H,4,13,15H2,1-3H3,(H,25,27)(H,26,31). The van der Waals surface area contributed by atoms with Gasteiger partial charge in [-0.2, -0.15) is 0 Å². The molecule has 0 saturated heterocycles. The number of nitrogens with one attached hydrogen (secondary N) is 2. The van der Waals surface area contributed by atoms with Gasteiger partial charge in [-0.05, 0) is 38.0 Å². The van der Waals surface area contributed by atoms with Gasteiger partial charge in [0.15, 0.2) is 16.1 Å². The number of carbonyl (C=O) groups is 1. The first kappa shape index (κ1) is 23.0. The molecule has 7 nitrogen and oxygen atoms in total. The van der Waals surface area contributed by atoms with Crippen LogP contribution in [-0.2, 0) is 17.9 Å². The second-order valence-electron chi connectivity index (χ2n) is 7.56. The zero-order valence-electron chi connectivity index (χ0n) is 18.8. The Morgan fingerprint density at radius 1 is 1.12 bits per heavy atom. The Kier molecular flexibility index (Phi) is 7.41. The molecule has 0 fully saturated rings. The maximum Gasteiger partial charge on any atom is 0.234 e. The van der Waals surface area contributed by atoms with Crippen LogP contribution in [0.1, 0.15) is 23.9 Å². The van der Waals surface area contributed by atoms with Crippen LogP contribution in [-0.4, -0.2) is 31.4 Å². The van der Waals surface area contributed by atoms with Crippen molar-refractivity contribution in [2.24, 2.45) is 0 Å². The molecule has 4 aromatic rings. The van der Waals surface area contributed by atoms with E-state index in [1.54, 1.807) is 11.3 Å². The Hall–Kier alpha value is -3.17. The average molecular weight is 479 g/mol. The van der Waals surface area contributed by atoms with Crippen LogP contribution in [0.2, 0.25) is 0 Å². The summed E-state index contributed by atoms with van der Waals surface area (Å²) < 4.78 is 2.02. The van der Waals surface area contributed by atoms with E-state index in [1.807, 2.05) is 79.2 Å². The summed E-state index contributed by atoms with van der Waals surface area (Å²) in [4.78, 5) is 17.1. The molecule has 4 rings (SSSR count). The minimum atomic E-state index is -0.0599. The second kappa shape index (κ2) is 10.6. The van der Waals surface area contributed by atoms with E-state index in [4.69, 9.17) is 0 Å². The molecular formula is C24H26N6OS2. The highest BCUT2D eigenvalue weighted by atomic mass is 32.2. The summed E-state index contributed by atoms with van der Waals surface area (Å²) in [6, 6.07) is 16.1. The Bertz CT molecular complexity index is 1230. The van der Waals surface area contributed by atoms with Gasteiger partial charge in [-0.25, -0.2) is 4.98 Å². The number of aromatic nitrogens is 4. The Labute approximate surface area is 201 Å². The van der Waals surface area contributed by atoms with E-state index in [1.165, 1.54) is 11.8 Å². The van der Waals surface area contributed by atoms with Crippen molar-refractivity contribution >= 4 is 39.8 Å². The van der Waals surface area contributed by atoms with Crippen molar-refractivity contribution in [3.05, 3.63) is 70.9 Å². The minimum absolute atomic E-state index is 0.0599. The van der Waals surface area contributed by atoms with Crippen molar-refractivity contribution in [1.82, 2.24) is 19.7 Å². The molecule has 2 heterocycles. The fourth-order valence-electron chi connectivity index (χ4n) is 3.31. The highest BCUT2D eigenvalue weighted by Gasteiger charge is 2.14. The van der Waals surface area contributed by atoms with Gasteiger partial charge in [0.2, 0.25) is 5.91 Å². The summed E-state index contributed by atoms with van der Waals surface area (Å²) in [6.07, 6.45) is 0. The van der Waals surface area contributed by atoms with E-state index < -0.39 is 0 Å². The van der Waals surface area contributed by atoms with Gasteiger partial charge in [-0.15, -0.1) is 21.5 Å². The Balaban J connectivity index is 1.35. The number of thioether (sulfide) groups is 1. The van der Waals surface area contributed by atoms with Gasteiger partial charge in [-0.3, -0.25) is 4.79 Å². The minimum Gasteiger partial charge on any atom is -0.354 e. The molecule has 0 saturated carbocycles. The van der Waals surface area contributed by atoms with Crippen LogP contribution in [0.25, 0.3) is 11.3 Å². The third kappa shape index (κ3) is 5.80. The lowest BCUT2D eigenvalue weighted by molar-refractivity contribution is -0.113. The molecule has 0 aliphatic rings. The monoisotopic (exact) mass is 478 g/mol. The van der Waals surface area contributed by atoms with Crippen LogP contribution in [0.5, 0.6) is 0 Å². The lowest BCUT2D eigenvalue weighted by Gasteiger charge is -2.10. The van der Waals surface area contributed by atoms with E-state index in [0.29, 0.717) is 6.54 Å². The molecule has 0 radical (unpaired) electrons. The number of carbonyl (C=O) groups excluding carboxylic acids is 1. The van der Waals surface area contributed by atoms with Gasteiger partial charge in [0.05, 0.1) is 18.0 Å². The molecule has 0 atom stereocenters. The van der Waals surface area contributed by atoms with Crippen LogP contribution < -0.4 is 10.6 Å². The molecule has 33 heavy (non-hydrogen) atoms. The van der Waals surface area contributed by atoms with Crippen molar-refractivity contribution in [3.63, 3.8) is 0 Å². The highest BCUT2D eigenvalue weighted by Crippen LogP contribution is 2.25. The first-order chi connectivity index (χ1) is 16.0. The lowest BCUT2D eigenvalue weighted by Crippen LogP contribution is -2.15. The maximum absolute atomic E-state index is 12.5. The highest BCUT2D eigenvalue weighted by molar-refractivity contribution is 7.99. The average Bonchev–Trinajstić information content (AvgIpc) is 3.46. The molecule has 170 valence electrons. The lowest BCUT2D eigenvalue weighted by atomic mass is 10.1. The first-order valence-corrected chi connectivity index (χ1v) is 12.6. The third-order valence-electron chi connectivity index (χ3n) is 5.08. The molecule has 2 aromatic heterocycles. The molecule has 1 amide bonds. The fraction of sp³-hybridized carbons (Fsp3) is 0.250. The summed E-state index contributed by atoms with van der Waals surface area (Å²) in [7, 11) is 0. The van der Waals surface area contributed by atoms with E-state index in [-0.39, 0.29) is 11.7 Å². The summed E-state index contributed by atoms with van der Waals surface area (Å²) in [6.45, 7) is 7.28. The van der Waals surface area contributed by atoms with Gasteiger partial charge in [0, 0.05) is 23.2 Å². The van der Waals surface area contributed by atoms with Gasteiger partial charge >= 0.3 is 0 Å². The van der Waals surface area contributed by atoms with E-state index in [2.05, 4.69) is 25.8 Å². The molecule has 0 aliphatic heterocycles. The largest absolute Gasteiger partial charge is 0.354 e. The smallest absolute Gasteiger partial charge is 0.234 e. The third-order valence-corrected chi connectivity index (χ3v) is 6.85. The van der Waals surface area contributed by atoms with Crippen LogP contribution in [0.3, 0.4) is 0 Å². The number of anilines is 2. The number of hydrogen-bond donors (Lipinski definition) is 2. The molecule has 0 aliphatic carbocycles. The van der Waals surface area contributed by atoms with Gasteiger partial charge < -0.3 is 15.2 Å². The van der Waals surface area contributed by atoms with Gasteiger partial charge in [-0.1, -0.05) is 54.2 Å². The zero-order valence-corrected chi connectivity index (χ0v) is 20.5. The molecule has 0 bridgehead atoms. The van der Waals surface area contributed by atoms with Crippen LogP contribution in [0.15, 0.2) is 59.1 Å². The van der Waals surface area contributed by atoms with Crippen LogP contribution >= 0.6 is 23.1 Å². The van der Waals surface area contributed by atoms with Gasteiger partial charge in [0.25, 0.3) is 0 Å². The number of thiazole rings is 1. The van der Waals surface area contributed by atoms with Crippen LogP contribution in [0.4, 0.5) is 10.8 Å². The zero-order chi connectivity index (χ0) is 23.2. The molecule has 0 spiro atoms. The predicted molar refractivity (Wildman–Crippen MR) is 136 cm³/mol. The topological polar surface area (TPSA) is 84.7 Å². The van der Waals surface area contributed by atoms with Crippen molar-refractivity contribution < 1.29 is 4.79 Å². The Morgan fingerprint density at radius 3 is 2.73 bits per heavy atom. The van der Waals surface area contributed by atoms with Crippen LogP contribution in [0, 0.1) is 13.8 Å². The van der Waals surface area contributed by atoms with E-state index in [0.717, 1.165) is 50.7 Å². The summed E-state index contributed by atoms with van der Waals surface area (Å²) in [5, 5.41) is 18.6. The summed E-state index contributed by atoms with van der Waals surface area (Å²) in [5.74, 6) is 1.02. The van der Waals surface area contributed by atoms with Crippen molar-refractivity contribution in [1.29, 1.82) is 0 Å². The maximum atomic E-state index is 12.5. The molecule has 2 aromatic carbocycles. The van der Waals surface area contributed by atoms with Crippen molar-refractivity contribution in [2.75, 3.05) is 16.4 Å². The number of rotatable bonds is 9. The second-order valence-corrected chi connectivity index (χ2v) is 9.36. The fourth-order valence-corrected chi connectivity index (χ4v) is 4.85. The number of amides is 1. The molecular weight excluding hydrogens is 452 g/mol. The Morgan fingerprint density at radius 2 is 1.94 bits per heavy atom. The summed E-state index contributed by atoms with van der Waals surface area (Å²) >= 11 is 2.95. The normalized spacial score (nSPS) is 10.9. The molecule has 0 unspecified atom stereocenters. The first-order valence-electron chi connectivity index (χ1n) is 10.7. The van der Waals surface area contributed by atoms with E-state index >= 15 is 0 Å². The van der Waals surface area contributed by atoms with Crippen molar-refractivity contribution in [3.8, 4) is 11.3 Å². The summed E-state index contributed by atoms with van der Waals surface area (Å²) in [5.41, 5.74) is 5.05. The number of benzene rings is 2. The number of aryl methyl sites for hydroxylation is 2. The quantitative estimate of drug-likeness (QED) is 0.314. The predicted octanol–water partition coefficient (Wildman–Crippen LogP) is 5.38.